The highest BCUT2D eigenvalue weighted by Crippen LogP contribution is 2.25. The van der Waals surface area contributed by atoms with Crippen LogP contribution in [0, 0.1) is 0 Å². The summed E-state index contributed by atoms with van der Waals surface area (Å²) in [5.74, 6) is 0.00908. The fourth-order valence-electron chi connectivity index (χ4n) is 2.52. The first-order chi connectivity index (χ1) is 10.3. The molecule has 0 saturated carbocycles. The summed E-state index contributed by atoms with van der Waals surface area (Å²) >= 11 is 0. The quantitative estimate of drug-likeness (QED) is 0.724. The number of benzene rings is 1. The van der Waals surface area contributed by atoms with Gasteiger partial charge in [0.2, 0.25) is 0 Å². The van der Waals surface area contributed by atoms with Crippen LogP contribution in [-0.2, 0) is 11.2 Å². The van der Waals surface area contributed by atoms with Crippen molar-refractivity contribution >= 4 is 11.6 Å². The Labute approximate surface area is 127 Å². The van der Waals surface area contributed by atoms with E-state index in [2.05, 4.69) is 23.6 Å². The predicted molar refractivity (Wildman–Crippen MR) is 85.9 cm³/mol. The molecule has 4 nitrogen and oxygen atoms in total. The largest absolute Gasteiger partial charge is 0.384 e. The van der Waals surface area contributed by atoms with Crippen molar-refractivity contribution in [3.05, 3.63) is 29.3 Å². The number of anilines is 1. The Hall–Kier alpha value is -1.55. The Balaban J connectivity index is 1.76. The zero-order valence-corrected chi connectivity index (χ0v) is 12.9. The van der Waals surface area contributed by atoms with Gasteiger partial charge in [-0.1, -0.05) is 25.5 Å². The van der Waals surface area contributed by atoms with Gasteiger partial charge in [0.25, 0.3) is 5.91 Å². The van der Waals surface area contributed by atoms with Crippen molar-refractivity contribution in [2.24, 2.45) is 0 Å². The second-order valence-electron chi connectivity index (χ2n) is 5.45. The van der Waals surface area contributed by atoms with E-state index in [1.807, 2.05) is 12.1 Å². The van der Waals surface area contributed by atoms with Gasteiger partial charge in [0.05, 0.1) is 11.3 Å². The van der Waals surface area contributed by atoms with Crippen molar-refractivity contribution < 1.29 is 9.53 Å². The van der Waals surface area contributed by atoms with Gasteiger partial charge in [0, 0.05) is 26.3 Å². The molecule has 1 aromatic carbocycles. The van der Waals surface area contributed by atoms with Crippen LogP contribution in [0.15, 0.2) is 18.2 Å². The SMILES string of the molecule is CCCCOCCCNC(=O)c1cccc2c1NCCC2. The summed E-state index contributed by atoms with van der Waals surface area (Å²) in [7, 11) is 0. The van der Waals surface area contributed by atoms with Gasteiger partial charge in [-0.15, -0.1) is 0 Å². The summed E-state index contributed by atoms with van der Waals surface area (Å²) < 4.78 is 5.49. The molecule has 4 heteroatoms. The number of ether oxygens (including phenoxy) is 1. The Kier molecular flexibility index (Phi) is 6.54. The molecule has 0 radical (unpaired) electrons. The second kappa shape index (κ2) is 8.67. The van der Waals surface area contributed by atoms with Crippen LogP contribution >= 0.6 is 0 Å². The van der Waals surface area contributed by atoms with Gasteiger partial charge in [0.1, 0.15) is 0 Å². The molecule has 1 aliphatic rings. The number of hydrogen-bond donors (Lipinski definition) is 2. The smallest absolute Gasteiger partial charge is 0.253 e. The standard InChI is InChI=1S/C17H26N2O2/c1-2-3-12-21-13-6-11-19-17(20)15-9-4-7-14-8-5-10-18-16(14)15/h4,7,9,18H,2-3,5-6,8,10-13H2,1H3,(H,19,20). The zero-order chi connectivity index (χ0) is 14.9. The van der Waals surface area contributed by atoms with Crippen LogP contribution < -0.4 is 10.6 Å². The average Bonchev–Trinajstić information content (AvgIpc) is 2.53. The molecule has 116 valence electrons. The fourth-order valence-corrected chi connectivity index (χ4v) is 2.52. The first kappa shape index (κ1) is 15.8. The zero-order valence-electron chi connectivity index (χ0n) is 12.9. The minimum Gasteiger partial charge on any atom is -0.384 e. The third-order valence-corrected chi connectivity index (χ3v) is 3.71. The second-order valence-corrected chi connectivity index (χ2v) is 5.45. The number of fused-ring (bicyclic) bond motifs is 1. The van der Waals surface area contributed by atoms with Crippen LogP contribution in [-0.4, -0.2) is 32.2 Å². The maximum Gasteiger partial charge on any atom is 0.253 e. The number of carbonyl (C=O) groups is 1. The van der Waals surface area contributed by atoms with Crippen molar-refractivity contribution in [1.82, 2.24) is 5.32 Å². The van der Waals surface area contributed by atoms with Crippen molar-refractivity contribution in [3.8, 4) is 0 Å². The number of hydrogen-bond acceptors (Lipinski definition) is 3. The minimum atomic E-state index is 0.00908. The van der Waals surface area contributed by atoms with Crippen LogP contribution in [0.4, 0.5) is 5.69 Å². The lowest BCUT2D eigenvalue weighted by Gasteiger charge is -2.20. The summed E-state index contributed by atoms with van der Waals surface area (Å²) in [6.45, 7) is 5.29. The van der Waals surface area contributed by atoms with Gasteiger partial charge in [0.15, 0.2) is 0 Å². The summed E-state index contributed by atoms with van der Waals surface area (Å²) in [6.07, 6.45) is 5.30. The number of unbranched alkanes of at least 4 members (excludes halogenated alkanes) is 1. The maximum absolute atomic E-state index is 12.3. The van der Waals surface area contributed by atoms with Gasteiger partial charge in [-0.2, -0.15) is 0 Å². The number of carbonyl (C=O) groups excluding carboxylic acids is 1. The Morgan fingerprint density at radius 3 is 3.05 bits per heavy atom. The lowest BCUT2D eigenvalue weighted by atomic mass is 9.99. The van der Waals surface area contributed by atoms with Crippen molar-refractivity contribution in [2.75, 3.05) is 31.6 Å². The summed E-state index contributed by atoms with van der Waals surface area (Å²) in [4.78, 5) is 12.3. The summed E-state index contributed by atoms with van der Waals surface area (Å²) in [6, 6.07) is 5.96. The molecule has 0 bridgehead atoms. The summed E-state index contributed by atoms with van der Waals surface area (Å²) in [5, 5.41) is 6.33. The summed E-state index contributed by atoms with van der Waals surface area (Å²) in [5.41, 5.74) is 3.02. The van der Waals surface area contributed by atoms with Gasteiger partial charge >= 0.3 is 0 Å². The van der Waals surface area contributed by atoms with E-state index in [9.17, 15) is 4.79 Å². The topological polar surface area (TPSA) is 50.4 Å². The first-order valence-corrected chi connectivity index (χ1v) is 8.04. The van der Waals surface area contributed by atoms with Crippen molar-refractivity contribution in [3.63, 3.8) is 0 Å². The molecule has 2 rings (SSSR count). The van der Waals surface area contributed by atoms with Gasteiger partial charge < -0.3 is 15.4 Å². The third-order valence-electron chi connectivity index (χ3n) is 3.71. The number of rotatable bonds is 8. The van der Waals surface area contributed by atoms with E-state index in [0.29, 0.717) is 13.2 Å². The Morgan fingerprint density at radius 2 is 2.19 bits per heavy atom. The number of nitrogens with one attached hydrogen (secondary N) is 2. The normalized spacial score (nSPS) is 13.4. The molecule has 0 spiro atoms. The third kappa shape index (κ3) is 4.74. The highest BCUT2D eigenvalue weighted by Gasteiger charge is 2.16. The van der Waals surface area contributed by atoms with Gasteiger partial charge in [-0.05, 0) is 37.3 Å². The van der Waals surface area contributed by atoms with E-state index in [4.69, 9.17) is 4.74 Å². The molecule has 0 unspecified atom stereocenters. The van der Waals surface area contributed by atoms with Crippen LogP contribution in [0.2, 0.25) is 0 Å². The molecule has 1 amide bonds. The molecule has 1 heterocycles. The molecule has 0 atom stereocenters. The van der Waals surface area contributed by atoms with Gasteiger partial charge in [-0.25, -0.2) is 0 Å². The van der Waals surface area contributed by atoms with Crippen LogP contribution in [0.5, 0.6) is 0 Å². The molecule has 21 heavy (non-hydrogen) atoms. The van der Waals surface area contributed by atoms with Crippen molar-refractivity contribution in [2.45, 2.75) is 39.0 Å². The van der Waals surface area contributed by atoms with E-state index in [0.717, 1.165) is 56.5 Å². The number of aryl methyl sites for hydroxylation is 1. The monoisotopic (exact) mass is 290 g/mol. The van der Waals surface area contributed by atoms with Crippen LogP contribution in [0.25, 0.3) is 0 Å². The number of amides is 1. The highest BCUT2D eigenvalue weighted by atomic mass is 16.5. The molecule has 0 saturated heterocycles. The van der Waals surface area contributed by atoms with E-state index in [-0.39, 0.29) is 5.91 Å². The molecule has 0 aromatic heterocycles. The molecule has 0 aliphatic carbocycles. The maximum atomic E-state index is 12.3. The van der Waals surface area contributed by atoms with Gasteiger partial charge in [-0.3, -0.25) is 4.79 Å². The highest BCUT2D eigenvalue weighted by molar-refractivity contribution is 6.00. The lowest BCUT2D eigenvalue weighted by Crippen LogP contribution is -2.27. The average molecular weight is 290 g/mol. The predicted octanol–water partition coefficient (Wildman–Crippen LogP) is 2.98. The lowest BCUT2D eigenvalue weighted by molar-refractivity contribution is 0.0941. The first-order valence-electron chi connectivity index (χ1n) is 8.04. The molecular formula is C17H26N2O2. The van der Waals surface area contributed by atoms with E-state index >= 15 is 0 Å². The number of para-hydroxylation sites is 1. The molecule has 1 aliphatic heterocycles. The Morgan fingerprint density at radius 1 is 1.33 bits per heavy atom. The van der Waals surface area contributed by atoms with E-state index in [1.54, 1.807) is 0 Å². The Bertz CT molecular complexity index is 460. The van der Waals surface area contributed by atoms with E-state index < -0.39 is 0 Å². The van der Waals surface area contributed by atoms with E-state index in [1.165, 1.54) is 5.56 Å². The molecule has 1 aromatic rings. The molecule has 0 fully saturated rings. The molecule has 2 N–H and O–H groups in total. The van der Waals surface area contributed by atoms with Crippen LogP contribution in [0.3, 0.4) is 0 Å². The minimum absolute atomic E-state index is 0.00908. The van der Waals surface area contributed by atoms with Crippen molar-refractivity contribution in [1.29, 1.82) is 0 Å². The fraction of sp³-hybridized carbons (Fsp3) is 0.588. The molecular weight excluding hydrogens is 264 g/mol. The van der Waals surface area contributed by atoms with Crippen LogP contribution in [0.1, 0.15) is 48.5 Å².